The van der Waals surface area contributed by atoms with Gasteiger partial charge in [-0.25, -0.2) is 0 Å². The van der Waals surface area contributed by atoms with Gasteiger partial charge in [-0.1, -0.05) is 0 Å². The SMILES string of the molecule is CCOC(C)C(O)c1cc(C)c(OC)cc1C. The molecule has 0 aromatic heterocycles. The summed E-state index contributed by atoms with van der Waals surface area (Å²) in [6.45, 7) is 8.36. The highest BCUT2D eigenvalue weighted by Gasteiger charge is 2.19. The summed E-state index contributed by atoms with van der Waals surface area (Å²) in [4.78, 5) is 0. The maximum atomic E-state index is 10.2. The molecule has 0 spiro atoms. The lowest BCUT2D eigenvalue weighted by atomic mass is 9.97. The Morgan fingerprint density at radius 2 is 1.88 bits per heavy atom. The van der Waals surface area contributed by atoms with Crippen molar-refractivity contribution in [1.82, 2.24) is 0 Å². The van der Waals surface area contributed by atoms with Gasteiger partial charge in [0.05, 0.1) is 13.2 Å². The first kappa shape index (κ1) is 14.0. The minimum Gasteiger partial charge on any atom is -0.496 e. The Hall–Kier alpha value is -1.06. The molecule has 1 aromatic carbocycles. The molecule has 0 fully saturated rings. The van der Waals surface area contributed by atoms with Crippen molar-refractivity contribution in [1.29, 1.82) is 0 Å². The van der Waals surface area contributed by atoms with Gasteiger partial charge in [-0.15, -0.1) is 0 Å². The van der Waals surface area contributed by atoms with Crippen molar-refractivity contribution in [2.24, 2.45) is 0 Å². The molecule has 2 atom stereocenters. The average Bonchev–Trinajstić information content (AvgIpc) is 2.31. The van der Waals surface area contributed by atoms with Crippen LogP contribution in [0.4, 0.5) is 0 Å². The van der Waals surface area contributed by atoms with Crippen LogP contribution in [0.25, 0.3) is 0 Å². The van der Waals surface area contributed by atoms with Crippen molar-refractivity contribution in [2.75, 3.05) is 13.7 Å². The van der Waals surface area contributed by atoms with Crippen molar-refractivity contribution < 1.29 is 14.6 Å². The summed E-state index contributed by atoms with van der Waals surface area (Å²) in [5, 5.41) is 10.2. The predicted molar refractivity (Wildman–Crippen MR) is 68.5 cm³/mol. The normalized spacial score (nSPS) is 14.5. The number of hydrogen-bond acceptors (Lipinski definition) is 3. The van der Waals surface area contributed by atoms with Crippen LogP contribution in [0.15, 0.2) is 12.1 Å². The molecule has 0 amide bonds. The predicted octanol–water partition coefficient (Wildman–Crippen LogP) is 2.77. The number of methoxy groups -OCH3 is 1. The van der Waals surface area contributed by atoms with Gasteiger partial charge in [0.2, 0.25) is 0 Å². The number of rotatable bonds is 5. The lowest BCUT2D eigenvalue weighted by Crippen LogP contribution is -2.19. The largest absolute Gasteiger partial charge is 0.496 e. The summed E-state index contributed by atoms with van der Waals surface area (Å²) in [6, 6.07) is 3.92. The first-order valence-corrected chi connectivity index (χ1v) is 5.96. The average molecular weight is 238 g/mol. The molecule has 0 saturated heterocycles. The van der Waals surface area contributed by atoms with Crippen LogP contribution in [0.5, 0.6) is 5.75 Å². The summed E-state index contributed by atoms with van der Waals surface area (Å²) in [7, 11) is 1.65. The molecule has 0 heterocycles. The molecule has 0 saturated carbocycles. The minimum absolute atomic E-state index is 0.202. The Bertz CT molecular complexity index is 374. The Kier molecular flexibility index (Phi) is 4.97. The molecule has 17 heavy (non-hydrogen) atoms. The van der Waals surface area contributed by atoms with E-state index >= 15 is 0 Å². The zero-order valence-corrected chi connectivity index (χ0v) is 11.3. The van der Waals surface area contributed by atoms with Gasteiger partial charge in [-0.2, -0.15) is 0 Å². The van der Waals surface area contributed by atoms with Gasteiger partial charge in [0, 0.05) is 6.61 Å². The van der Waals surface area contributed by atoms with E-state index in [4.69, 9.17) is 9.47 Å². The van der Waals surface area contributed by atoms with Crippen molar-refractivity contribution in [3.63, 3.8) is 0 Å². The highest BCUT2D eigenvalue weighted by molar-refractivity contribution is 5.42. The number of hydrogen-bond donors (Lipinski definition) is 1. The van der Waals surface area contributed by atoms with E-state index in [9.17, 15) is 5.11 Å². The van der Waals surface area contributed by atoms with Gasteiger partial charge in [0.25, 0.3) is 0 Å². The molecule has 3 nitrogen and oxygen atoms in total. The van der Waals surface area contributed by atoms with Crippen molar-refractivity contribution in [3.05, 3.63) is 28.8 Å². The van der Waals surface area contributed by atoms with Gasteiger partial charge in [-0.3, -0.25) is 0 Å². The zero-order valence-electron chi connectivity index (χ0n) is 11.3. The van der Waals surface area contributed by atoms with E-state index < -0.39 is 6.10 Å². The zero-order chi connectivity index (χ0) is 13.0. The van der Waals surface area contributed by atoms with Crippen LogP contribution in [0.2, 0.25) is 0 Å². The van der Waals surface area contributed by atoms with Gasteiger partial charge < -0.3 is 14.6 Å². The van der Waals surface area contributed by atoms with E-state index in [0.717, 1.165) is 22.4 Å². The quantitative estimate of drug-likeness (QED) is 0.857. The fourth-order valence-electron chi connectivity index (χ4n) is 1.96. The number of benzene rings is 1. The fourth-order valence-corrected chi connectivity index (χ4v) is 1.96. The second-order valence-electron chi connectivity index (χ2n) is 4.28. The van der Waals surface area contributed by atoms with Crippen molar-refractivity contribution in [2.45, 2.75) is 39.9 Å². The van der Waals surface area contributed by atoms with E-state index in [0.29, 0.717) is 6.61 Å². The second kappa shape index (κ2) is 6.03. The molecule has 1 aromatic rings. The summed E-state index contributed by atoms with van der Waals surface area (Å²) in [5.41, 5.74) is 2.95. The van der Waals surface area contributed by atoms with Gasteiger partial charge in [-0.05, 0) is 56.5 Å². The number of aryl methyl sites for hydroxylation is 2. The summed E-state index contributed by atoms with van der Waals surface area (Å²) in [5.74, 6) is 0.850. The summed E-state index contributed by atoms with van der Waals surface area (Å²) in [6.07, 6.45) is -0.800. The first-order valence-electron chi connectivity index (χ1n) is 5.96. The van der Waals surface area contributed by atoms with E-state index in [1.165, 1.54) is 0 Å². The van der Waals surface area contributed by atoms with E-state index in [1.807, 2.05) is 39.8 Å². The third kappa shape index (κ3) is 3.20. The molecule has 0 aliphatic heterocycles. The summed E-state index contributed by atoms with van der Waals surface area (Å²) >= 11 is 0. The van der Waals surface area contributed by atoms with E-state index in [2.05, 4.69) is 0 Å². The number of ether oxygens (including phenoxy) is 2. The lowest BCUT2D eigenvalue weighted by molar-refractivity contribution is -0.0230. The third-order valence-electron chi connectivity index (χ3n) is 2.98. The molecule has 1 rings (SSSR count). The van der Waals surface area contributed by atoms with Crippen LogP contribution in [0.1, 0.15) is 36.6 Å². The Balaban J connectivity index is 3.01. The molecule has 96 valence electrons. The Morgan fingerprint density at radius 1 is 1.24 bits per heavy atom. The van der Waals surface area contributed by atoms with Gasteiger partial charge in [0.15, 0.2) is 0 Å². The summed E-state index contributed by atoms with van der Waals surface area (Å²) < 4.78 is 10.7. The van der Waals surface area contributed by atoms with Gasteiger partial charge in [0.1, 0.15) is 11.9 Å². The van der Waals surface area contributed by atoms with Crippen LogP contribution < -0.4 is 4.74 Å². The maximum Gasteiger partial charge on any atom is 0.122 e. The highest BCUT2D eigenvalue weighted by Crippen LogP contribution is 2.28. The van der Waals surface area contributed by atoms with Crippen molar-refractivity contribution >= 4 is 0 Å². The molecule has 0 radical (unpaired) electrons. The van der Waals surface area contributed by atoms with Crippen LogP contribution in [-0.4, -0.2) is 24.9 Å². The Morgan fingerprint density at radius 3 is 2.41 bits per heavy atom. The van der Waals surface area contributed by atoms with Crippen LogP contribution in [-0.2, 0) is 4.74 Å². The third-order valence-corrected chi connectivity index (χ3v) is 2.98. The lowest BCUT2D eigenvalue weighted by Gasteiger charge is -2.22. The maximum absolute atomic E-state index is 10.2. The minimum atomic E-state index is -0.598. The van der Waals surface area contributed by atoms with Crippen molar-refractivity contribution in [3.8, 4) is 5.75 Å². The Labute approximate surface area is 103 Å². The topological polar surface area (TPSA) is 38.7 Å². The smallest absolute Gasteiger partial charge is 0.122 e. The molecule has 1 N–H and O–H groups in total. The molecule has 3 heteroatoms. The second-order valence-corrected chi connectivity index (χ2v) is 4.28. The number of aliphatic hydroxyl groups excluding tert-OH is 1. The molecule has 0 bridgehead atoms. The van der Waals surface area contributed by atoms with Crippen LogP contribution >= 0.6 is 0 Å². The fraction of sp³-hybridized carbons (Fsp3) is 0.571. The van der Waals surface area contributed by atoms with E-state index in [-0.39, 0.29) is 6.10 Å². The standard InChI is InChI=1S/C14H22O3/c1-6-17-11(4)14(15)12-7-10(3)13(16-5)8-9(12)2/h7-8,11,14-15H,6H2,1-5H3. The molecule has 2 unspecified atom stereocenters. The number of aliphatic hydroxyl groups is 1. The molecule has 0 aliphatic rings. The molecule has 0 aliphatic carbocycles. The van der Waals surface area contributed by atoms with Crippen LogP contribution in [0, 0.1) is 13.8 Å². The first-order chi connectivity index (χ1) is 8.01. The van der Waals surface area contributed by atoms with Gasteiger partial charge >= 0.3 is 0 Å². The van der Waals surface area contributed by atoms with Crippen LogP contribution in [0.3, 0.4) is 0 Å². The highest BCUT2D eigenvalue weighted by atomic mass is 16.5. The molecular formula is C14H22O3. The van der Waals surface area contributed by atoms with E-state index in [1.54, 1.807) is 7.11 Å². The molecular weight excluding hydrogens is 216 g/mol. The monoisotopic (exact) mass is 238 g/mol.